The van der Waals surface area contributed by atoms with Gasteiger partial charge in [-0.1, -0.05) is 24.3 Å². The Hall–Kier alpha value is -3.19. The van der Waals surface area contributed by atoms with Gasteiger partial charge in [-0.25, -0.2) is 0 Å². The van der Waals surface area contributed by atoms with Gasteiger partial charge in [-0.3, -0.25) is 19.3 Å². The van der Waals surface area contributed by atoms with E-state index < -0.39 is 0 Å². The molecule has 0 spiro atoms. The second-order valence-electron chi connectivity index (χ2n) is 7.83. The molecule has 0 aromatic heterocycles. The van der Waals surface area contributed by atoms with Crippen molar-refractivity contribution < 1.29 is 19.1 Å². The maximum absolute atomic E-state index is 12.5. The number of aryl methyl sites for hydroxylation is 1. The van der Waals surface area contributed by atoms with Crippen LogP contribution in [0.25, 0.3) is 0 Å². The molecule has 7 heteroatoms. The first-order chi connectivity index (χ1) is 14.8. The van der Waals surface area contributed by atoms with Gasteiger partial charge in [0.15, 0.2) is 12.4 Å². The van der Waals surface area contributed by atoms with Crippen LogP contribution in [0.1, 0.15) is 28.4 Å². The van der Waals surface area contributed by atoms with Crippen LogP contribution >= 0.6 is 0 Å². The second kappa shape index (κ2) is 10.2. The number of hydrogen-bond donors (Lipinski definition) is 1. The minimum atomic E-state index is -0.104. The first-order valence-electron chi connectivity index (χ1n) is 10.4. The lowest BCUT2D eigenvalue weighted by Gasteiger charge is -2.34. The summed E-state index contributed by atoms with van der Waals surface area (Å²) in [5, 5.41) is 2.98. The Bertz CT molecular complexity index is 965. The van der Waals surface area contributed by atoms with Crippen molar-refractivity contribution in [2.75, 3.05) is 44.6 Å². The van der Waals surface area contributed by atoms with Crippen molar-refractivity contribution in [2.24, 2.45) is 0 Å². The number of anilines is 1. The summed E-state index contributed by atoms with van der Waals surface area (Å²) in [6.45, 7) is 8.08. The van der Waals surface area contributed by atoms with Gasteiger partial charge >= 0.3 is 0 Å². The third-order valence-electron chi connectivity index (χ3n) is 5.57. The molecule has 0 radical (unpaired) electrons. The number of benzene rings is 2. The molecule has 2 aromatic rings. The van der Waals surface area contributed by atoms with Crippen molar-refractivity contribution in [3.63, 3.8) is 0 Å². The number of piperazine rings is 1. The minimum absolute atomic E-state index is 0.0468. The first kappa shape index (κ1) is 22.5. The molecule has 0 unspecified atom stereocenters. The highest BCUT2D eigenvalue weighted by Gasteiger charge is 2.23. The van der Waals surface area contributed by atoms with Gasteiger partial charge in [0.05, 0.1) is 6.54 Å². The zero-order chi connectivity index (χ0) is 22.4. The van der Waals surface area contributed by atoms with Gasteiger partial charge in [-0.15, -0.1) is 0 Å². The van der Waals surface area contributed by atoms with E-state index in [1.807, 2.05) is 36.9 Å². The molecule has 3 rings (SSSR count). The van der Waals surface area contributed by atoms with Gasteiger partial charge in [0.2, 0.25) is 5.91 Å². The van der Waals surface area contributed by atoms with E-state index in [-0.39, 0.29) is 24.2 Å². The van der Waals surface area contributed by atoms with Crippen LogP contribution in [0.15, 0.2) is 42.5 Å². The van der Waals surface area contributed by atoms with Crippen molar-refractivity contribution in [3.8, 4) is 5.75 Å². The van der Waals surface area contributed by atoms with E-state index in [2.05, 4.69) is 5.32 Å². The van der Waals surface area contributed by atoms with Crippen LogP contribution in [-0.4, -0.2) is 66.7 Å². The molecule has 0 saturated carbocycles. The van der Waals surface area contributed by atoms with E-state index in [0.717, 1.165) is 16.8 Å². The maximum atomic E-state index is 12.5. The highest BCUT2D eigenvalue weighted by Crippen LogP contribution is 2.18. The standard InChI is InChI=1S/C24H29N3O4/c1-17-6-4-9-22(18(17)2)25-23(29)15-26-10-12-27(13-11-26)24(30)16-31-21-8-5-7-20(14-21)19(3)28/h4-9,14H,10-13,15-16H2,1-3H3,(H,25,29). The van der Waals surface area contributed by atoms with Crippen LogP contribution in [0.3, 0.4) is 0 Å². The third-order valence-corrected chi connectivity index (χ3v) is 5.57. The van der Waals surface area contributed by atoms with E-state index in [4.69, 9.17) is 4.74 Å². The number of ketones is 1. The molecule has 164 valence electrons. The molecule has 2 aromatic carbocycles. The van der Waals surface area contributed by atoms with Crippen LogP contribution in [0, 0.1) is 13.8 Å². The molecule has 1 aliphatic rings. The molecule has 1 saturated heterocycles. The molecule has 0 bridgehead atoms. The van der Waals surface area contributed by atoms with E-state index >= 15 is 0 Å². The van der Waals surface area contributed by atoms with Crippen LogP contribution in [0.2, 0.25) is 0 Å². The molecule has 7 nitrogen and oxygen atoms in total. The highest BCUT2D eigenvalue weighted by molar-refractivity contribution is 5.94. The average Bonchev–Trinajstić information content (AvgIpc) is 2.76. The Balaban J connectivity index is 1.43. The van der Waals surface area contributed by atoms with E-state index in [1.54, 1.807) is 29.2 Å². The van der Waals surface area contributed by atoms with E-state index in [0.29, 0.717) is 44.0 Å². The van der Waals surface area contributed by atoms with Gasteiger partial charge < -0.3 is 15.0 Å². The largest absolute Gasteiger partial charge is 0.484 e. The van der Waals surface area contributed by atoms with Crippen LogP contribution < -0.4 is 10.1 Å². The van der Waals surface area contributed by atoms with Gasteiger partial charge in [0.1, 0.15) is 5.75 Å². The summed E-state index contributed by atoms with van der Waals surface area (Å²) in [4.78, 5) is 40.1. The van der Waals surface area contributed by atoms with Crippen LogP contribution in [0.5, 0.6) is 5.75 Å². The van der Waals surface area contributed by atoms with Crippen molar-refractivity contribution in [2.45, 2.75) is 20.8 Å². The van der Waals surface area contributed by atoms with Crippen LogP contribution in [-0.2, 0) is 9.59 Å². The van der Waals surface area contributed by atoms with E-state index in [9.17, 15) is 14.4 Å². The molecule has 1 N–H and O–H groups in total. The van der Waals surface area contributed by atoms with Gasteiger partial charge in [0, 0.05) is 37.4 Å². The number of Topliss-reactive ketones (excluding diaryl/α,β-unsaturated/α-hetero) is 1. The summed E-state index contributed by atoms with van der Waals surface area (Å²) < 4.78 is 5.57. The number of carbonyl (C=O) groups is 3. The van der Waals surface area contributed by atoms with Gasteiger partial charge in [0.25, 0.3) is 5.91 Å². The summed E-state index contributed by atoms with van der Waals surface area (Å²) in [6, 6.07) is 12.7. The smallest absolute Gasteiger partial charge is 0.260 e. The predicted molar refractivity (Wildman–Crippen MR) is 120 cm³/mol. The van der Waals surface area contributed by atoms with Crippen molar-refractivity contribution >= 4 is 23.3 Å². The quantitative estimate of drug-likeness (QED) is 0.693. The fraction of sp³-hybridized carbons (Fsp3) is 0.375. The van der Waals surface area contributed by atoms with Gasteiger partial charge in [-0.2, -0.15) is 0 Å². The zero-order valence-corrected chi connectivity index (χ0v) is 18.3. The third kappa shape index (κ3) is 6.15. The lowest BCUT2D eigenvalue weighted by atomic mass is 10.1. The molecule has 2 amide bonds. The molecule has 0 aliphatic carbocycles. The van der Waals surface area contributed by atoms with Crippen molar-refractivity contribution in [3.05, 3.63) is 59.2 Å². The topological polar surface area (TPSA) is 79.0 Å². The Morgan fingerprint density at radius 2 is 1.71 bits per heavy atom. The molecule has 1 fully saturated rings. The lowest BCUT2D eigenvalue weighted by molar-refractivity contribution is -0.135. The molecule has 0 atom stereocenters. The normalized spacial score (nSPS) is 14.2. The fourth-order valence-corrected chi connectivity index (χ4v) is 3.48. The lowest BCUT2D eigenvalue weighted by Crippen LogP contribution is -2.51. The minimum Gasteiger partial charge on any atom is -0.484 e. The number of nitrogens with one attached hydrogen (secondary N) is 1. The average molecular weight is 424 g/mol. The SMILES string of the molecule is CC(=O)c1cccc(OCC(=O)N2CCN(CC(=O)Nc3cccc(C)c3C)CC2)c1. The Morgan fingerprint density at radius 1 is 1.00 bits per heavy atom. The fourth-order valence-electron chi connectivity index (χ4n) is 3.48. The summed E-state index contributed by atoms with van der Waals surface area (Å²) in [5.74, 6) is 0.298. The number of nitrogens with zero attached hydrogens (tertiary/aromatic N) is 2. The second-order valence-corrected chi connectivity index (χ2v) is 7.83. The number of carbonyl (C=O) groups excluding carboxylic acids is 3. The van der Waals surface area contributed by atoms with E-state index in [1.165, 1.54) is 6.92 Å². The Labute approximate surface area is 183 Å². The summed E-state index contributed by atoms with van der Waals surface area (Å²) in [7, 11) is 0. The molecular weight excluding hydrogens is 394 g/mol. The summed E-state index contributed by atoms with van der Waals surface area (Å²) >= 11 is 0. The Morgan fingerprint density at radius 3 is 2.42 bits per heavy atom. The monoisotopic (exact) mass is 423 g/mol. The molecule has 1 aliphatic heterocycles. The summed E-state index contributed by atoms with van der Waals surface area (Å²) in [6.07, 6.45) is 0. The zero-order valence-electron chi connectivity index (χ0n) is 18.3. The van der Waals surface area contributed by atoms with Crippen molar-refractivity contribution in [1.29, 1.82) is 0 Å². The highest BCUT2D eigenvalue weighted by atomic mass is 16.5. The first-order valence-corrected chi connectivity index (χ1v) is 10.4. The number of rotatable bonds is 7. The number of ether oxygens (including phenoxy) is 1. The summed E-state index contributed by atoms with van der Waals surface area (Å²) in [5.41, 5.74) is 3.60. The number of amides is 2. The van der Waals surface area contributed by atoms with Crippen LogP contribution in [0.4, 0.5) is 5.69 Å². The van der Waals surface area contributed by atoms with Gasteiger partial charge in [-0.05, 0) is 50.1 Å². The number of hydrogen-bond acceptors (Lipinski definition) is 5. The predicted octanol–water partition coefficient (Wildman–Crippen LogP) is 2.67. The maximum Gasteiger partial charge on any atom is 0.260 e. The van der Waals surface area contributed by atoms with Crippen molar-refractivity contribution in [1.82, 2.24) is 9.80 Å². The molecular formula is C24H29N3O4. The molecule has 1 heterocycles. The Kier molecular flexibility index (Phi) is 7.41. The molecule has 31 heavy (non-hydrogen) atoms.